The summed E-state index contributed by atoms with van der Waals surface area (Å²) in [6.07, 6.45) is 0. The lowest BCUT2D eigenvalue weighted by Gasteiger charge is -2.17. The Balaban J connectivity index is 1.39. The topological polar surface area (TPSA) is 80.1 Å². The van der Waals surface area contributed by atoms with Crippen molar-refractivity contribution in [2.45, 2.75) is 18.6 Å². The van der Waals surface area contributed by atoms with Crippen molar-refractivity contribution in [2.75, 3.05) is 24.7 Å². The number of amides is 2. The van der Waals surface area contributed by atoms with Gasteiger partial charge < -0.3 is 10.2 Å². The van der Waals surface area contributed by atoms with E-state index in [0.717, 1.165) is 21.8 Å². The van der Waals surface area contributed by atoms with Crippen LogP contribution < -0.4 is 5.32 Å². The molecule has 7 nitrogen and oxygen atoms in total. The minimum absolute atomic E-state index is 0.0234. The van der Waals surface area contributed by atoms with E-state index in [-0.39, 0.29) is 24.1 Å². The lowest BCUT2D eigenvalue weighted by atomic mass is 10.2. The number of rotatable bonds is 9. The van der Waals surface area contributed by atoms with Gasteiger partial charge in [0, 0.05) is 12.7 Å². The van der Waals surface area contributed by atoms with Crippen molar-refractivity contribution in [3.8, 4) is 10.7 Å². The summed E-state index contributed by atoms with van der Waals surface area (Å²) in [5, 5.41) is 14.2. The molecule has 0 fully saturated rings. The molecule has 4 rings (SSSR count). The zero-order chi connectivity index (χ0) is 23.9. The maximum Gasteiger partial charge on any atom is 0.243 e. The predicted octanol–water partition coefficient (Wildman–Crippen LogP) is 4.55. The summed E-state index contributed by atoms with van der Waals surface area (Å²) < 4.78 is 2.03. The summed E-state index contributed by atoms with van der Waals surface area (Å²) in [5.74, 6) is 0.540. The Morgan fingerprint density at radius 2 is 1.79 bits per heavy atom. The number of thioether (sulfide) groups is 1. The Morgan fingerprint density at radius 1 is 1.03 bits per heavy atom. The van der Waals surface area contributed by atoms with Crippen LogP contribution in [0.2, 0.25) is 0 Å². The lowest BCUT2D eigenvalue weighted by Crippen LogP contribution is -2.36. The number of benzene rings is 2. The summed E-state index contributed by atoms with van der Waals surface area (Å²) in [5.41, 5.74) is 2.95. The molecule has 174 valence electrons. The zero-order valence-corrected chi connectivity index (χ0v) is 20.6. The molecule has 0 unspecified atom stereocenters. The van der Waals surface area contributed by atoms with Gasteiger partial charge in [-0.05, 0) is 36.1 Å². The van der Waals surface area contributed by atoms with Crippen molar-refractivity contribution >= 4 is 40.6 Å². The smallest absolute Gasteiger partial charge is 0.243 e. The number of carbonyl (C=O) groups excluding carboxylic acids is 2. The Bertz CT molecular complexity index is 1240. The third kappa shape index (κ3) is 6.12. The number of anilines is 1. The van der Waals surface area contributed by atoms with Gasteiger partial charge in [-0.2, -0.15) is 0 Å². The van der Waals surface area contributed by atoms with Crippen LogP contribution >= 0.6 is 23.1 Å². The van der Waals surface area contributed by atoms with Crippen LogP contribution in [-0.4, -0.2) is 50.8 Å². The van der Waals surface area contributed by atoms with Crippen LogP contribution in [-0.2, 0) is 16.1 Å². The molecule has 0 saturated heterocycles. The second-order valence-corrected chi connectivity index (χ2v) is 9.70. The summed E-state index contributed by atoms with van der Waals surface area (Å²) in [7, 11) is 1.63. The molecule has 0 aliphatic carbocycles. The van der Waals surface area contributed by atoms with Gasteiger partial charge in [0.2, 0.25) is 11.8 Å². The van der Waals surface area contributed by atoms with E-state index in [0.29, 0.717) is 17.4 Å². The summed E-state index contributed by atoms with van der Waals surface area (Å²) in [6.45, 7) is 2.57. The first kappa shape index (κ1) is 23.7. The normalized spacial score (nSPS) is 10.8. The largest absolute Gasteiger partial charge is 0.336 e. The van der Waals surface area contributed by atoms with Gasteiger partial charge in [0.15, 0.2) is 11.0 Å². The first-order chi connectivity index (χ1) is 16.5. The number of carbonyl (C=O) groups is 2. The molecule has 0 aliphatic heterocycles. The van der Waals surface area contributed by atoms with E-state index < -0.39 is 0 Å². The van der Waals surface area contributed by atoms with Crippen LogP contribution in [0.4, 0.5) is 5.69 Å². The van der Waals surface area contributed by atoms with Gasteiger partial charge in [0.05, 0.1) is 23.7 Å². The molecule has 2 heterocycles. The van der Waals surface area contributed by atoms with Gasteiger partial charge >= 0.3 is 0 Å². The summed E-state index contributed by atoms with van der Waals surface area (Å²) in [4.78, 5) is 27.5. The third-order valence-corrected chi connectivity index (χ3v) is 6.93. The maximum absolute atomic E-state index is 12.7. The van der Waals surface area contributed by atoms with Gasteiger partial charge in [-0.15, -0.1) is 21.5 Å². The van der Waals surface area contributed by atoms with Crippen molar-refractivity contribution in [2.24, 2.45) is 0 Å². The van der Waals surface area contributed by atoms with Crippen molar-refractivity contribution < 1.29 is 9.59 Å². The number of nitrogens with zero attached hydrogens (tertiary/aromatic N) is 4. The average Bonchev–Trinajstić information content (AvgIpc) is 3.50. The number of nitrogens with one attached hydrogen (secondary N) is 1. The van der Waals surface area contributed by atoms with Crippen LogP contribution in [0.1, 0.15) is 11.1 Å². The molecule has 2 amide bonds. The fourth-order valence-corrected chi connectivity index (χ4v) is 4.87. The van der Waals surface area contributed by atoms with Gasteiger partial charge in [0.1, 0.15) is 0 Å². The molecule has 0 aliphatic rings. The van der Waals surface area contributed by atoms with Crippen LogP contribution in [0, 0.1) is 6.92 Å². The van der Waals surface area contributed by atoms with Crippen molar-refractivity contribution in [1.29, 1.82) is 0 Å². The summed E-state index contributed by atoms with van der Waals surface area (Å²) >= 11 is 2.92. The van der Waals surface area contributed by atoms with Crippen molar-refractivity contribution in [3.05, 3.63) is 83.2 Å². The highest BCUT2D eigenvalue weighted by Gasteiger charge is 2.19. The first-order valence-corrected chi connectivity index (χ1v) is 12.6. The van der Waals surface area contributed by atoms with Crippen LogP contribution in [0.25, 0.3) is 10.7 Å². The van der Waals surface area contributed by atoms with Crippen LogP contribution in [0.5, 0.6) is 0 Å². The Hall–Kier alpha value is -3.43. The van der Waals surface area contributed by atoms with E-state index in [1.807, 2.05) is 71.5 Å². The molecule has 1 N–H and O–H groups in total. The lowest BCUT2D eigenvalue weighted by molar-refractivity contribution is -0.131. The van der Waals surface area contributed by atoms with Crippen LogP contribution in [0.15, 0.2) is 77.3 Å². The molecule has 0 saturated carbocycles. The predicted molar refractivity (Wildman–Crippen MR) is 137 cm³/mol. The van der Waals surface area contributed by atoms with Gasteiger partial charge in [0.25, 0.3) is 0 Å². The van der Waals surface area contributed by atoms with E-state index in [1.54, 1.807) is 18.4 Å². The molecule has 9 heteroatoms. The van der Waals surface area contributed by atoms with E-state index in [9.17, 15) is 9.59 Å². The minimum atomic E-state index is -0.239. The maximum atomic E-state index is 12.7. The Labute approximate surface area is 206 Å². The second-order valence-electron chi connectivity index (χ2n) is 7.81. The molecule has 0 atom stereocenters. The molecule has 2 aromatic heterocycles. The highest BCUT2D eigenvalue weighted by atomic mass is 32.2. The average molecular weight is 492 g/mol. The number of hydrogen-bond donors (Lipinski definition) is 1. The number of likely N-dealkylation sites (N-methyl/N-ethyl adjacent to an activating group) is 1. The highest BCUT2D eigenvalue weighted by molar-refractivity contribution is 7.99. The monoisotopic (exact) mass is 491 g/mol. The summed E-state index contributed by atoms with van der Waals surface area (Å²) in [6, 6.07) is 21.6. The van der Waals surface area contributed by atoms with Gasteiger partial charge in [-0.3, -0.25) is 14.2 Å². The number of thiophene rings is 1. The molecular formula is C25H25N5O2S2. The zero-order valence-electron chi connectivity index (χ0n) is 19.0. The van der Waals surface area contributed by atoms with E-state index in [1.165, 1.54) is 16.7 Å². The number of aromatic nitrogens is 3. The van der Waals surface area contributed by atoms with Gasteiger partial charge in [-0.25, -0.2) is 0 Å². The van der Waals surface area contributed by atoms with E-state index in [2.05, 4.69) is 27.6 Å². The molecule has 0 radical (unpaired) electrons. The first-order valence-electron chi connectivity index (χ1n) is 10.7. The molecular weight excluding hydrogens is 466 g/mol. The standard InChI is InChI=1S/C25H25N5O2S2/c1-18-10-12-20(13-11-18)26-22(31)16-29(2)23(32)17-34-25-28-27-24(21-9-6-14-33-21)30(25)15-19-7-4-3-5-8-19/h3-14H,15-17H2,1-2H3,(H,26,31). The minimum Gasteiger partial charge on any atom is -0.336 e. The second kappa shape index (κ2) is 11.1. The number of aryl methyl sites for hydroxylation is 1. The van der Waals surface area contributed by atoms with Crippen LogP contribution in [0.3, 0.4) is 0 Å². The molecule has 2 aromatic carbocycles. The fraction of sp³-hybridized carbons (Fsp3) is 0.200. The van der Waals surface area contributed by atoms with Crippen molar-refractivity contribution in [3.63, 3.8) is 0 Å². The quantitative estimate of drug-likeness (QED) is 0.348. The fourth-order valence-electron chi connectivity index (χ4n) is 3.27. The number of hydrogen-bond acceptors (Lipinski definition) is 6. The molecule has 0 spiro atoms. The highest BCUT2D eigenvalue weighted by Crippen LogP contribution is 2.28. The third-order valence-electron chi connectivity index (χ3n) is 5.11. The molecule has 34 heavy (non-hydrogen) atoms. The van der Waals surface area contributed by atoms with Crippen molar-refractivity contribution in [1.82, 2.24) is 19.7 Å². The SMILES string of the molecule is Cc1ccc(NC(=O)CN(C)C(=O)CSc2nnc(-c3cccs3)n2Cc2ccccc2)cc1. The Morgan fingerprint density at radius 3 is 2.50 bits per heavy atom. The van der Waals surface area contributed by atoms with Gasteiger partial charge in [-0.1, -0.05) is 65.9 Å². The van der Waals surface area contributed by atoms with E-state index >= 15 is 0 Å². The van der Waals surface area contributed by atoms with E-state index in [4.69, 9.17) is 0 Å². The molecule has 0 bridgehead atoms. The molecule has 4 aromatic rings. The Kier molecular flexibility index (Phi) is 7.76.